The number of amides is 1. The van der Waals surface area contributed by atoms with Crippen LogP contribution >= 0.6 is 0 Å². The van der Waals surface area contributed by atoms with Crippen molar-refractivity contribution >= 4 is 5.91 Å². The van der Waals surface area contributed by atoms with E-state index in [1.807, 2.05) is 5.32 Å². The highest BCUT2D eigenvalue weighted by molar-refractivity contribution is 5.83. The molecule has 1 aromatic rings. The zero-order valence-electron chi connectivity index (χ0n) is 9.67. The Hall–Kier alpha value is -1.59. The summed E-state index contributed by atoms with van der Waals surface area (Å²) in [6.07, 6.45) is -3.79. The molecule has 0 unspecified atom stereocenters. The number of carbonyl (C=O) groups excluding carboxylic acids is 1. The molecule has 1 atom stereocenters. The molecule has 1 amide bonds. The maximum absolute atomic E-state index is 12.6. The molecule has 0 aliphatic heterocycles. The predicted molar refractivity (Wildman–Crippen MR) is 58.8 cm³/mol. The van der Waals surface area contributed by atoms with E-state index in [0.717, 1.165) is 0 Å². The number of alkyl halides is 4. The van der Waals surface area contributed by atoms with Gasteiger partial charge in [-0.25, -0.2) is 8.78 Å². The first-order valence-electron chi connectivity index (χ1n) is 5.33. The van der Waals surface area contributed by atoms with Crippen molar-refractivity contribution in [2.75, 3.05) is 6.54 Å². The van der Waals surface area contributed by atoms with Gasteiger partial charge in [0.15, 0.2) is 0 Å². The van der Waals surface area contributed by atoms with Gasteiger partial charge in [0.1, 0.15) is 0 Å². The molecule has 1 aromatic carbocycles. The first kappa shape index (κ1) is 14.5. The number of halogens is 4. The van der Waals surface area contributed by atoms with Gasteiger partial charge in [-0.1, -0.05) is 30.3 Å². The Labute approximate surface area is 102 Å². The minimum atomic E-state index is -4.20. The van der Waals surface area contributed by atoms with Gasteiger partial charge in [-0.05, 0) is 12.5 Å². The van der Waals surface area contributed by atoms with Crippen molar-refractivity contribution in [1.82, 2.24) is 5.32 Å². The fourth-order valence-electron chi connectivity index (χ4n) is 1.33. The van der Waals surface area contributed by atoms with Crippen LogP contribution in [-0.2, 0) is 4.79 Å². The van der Waals surface area contributed by atoms with Gasteiger partial charge in [-0.2, -0.15) is 8.78 Å². The molecule has 0 heterocycles. The Morgan fingerprint density at radius 2 is 1.83 bits per heavy atom. The number of hydrogen-bond donors (Lipinski definition) is 1. The van der Waals surface area contributed by atoms with E-state index in [9.17, 15) is 22.4 Å². The van der Waals surface area contributed by atoms with Crippen LogP contribution in [0.25, 0.3) is 0 Å². The van der Waals surface area contributed by atoms with E-state index in [4.69, 9.17) is 0 Å². The molecule has 0 bridgehead atoms. The zero-order chi connectivity index (χ0) is 13.8. The van der Waals surface area contributed by atoms with Crippen molar-refractivity contribution in [3.8, 4) is 0 Å². The van der Waals surface area contributed by atoms with Gasteiger partial charge < -0.3 is 5.32 Å². The third kappa shape index (κ3) is 3.72. The van der Waals surface area contributed by atoms with Crippen LogP contribution in [-0.4, -0.2) is 24.8 Å². The van der Waals surface area contributed by atoms with E-state index in [1.54, 1.807) is 30.3 Å². The van der Waals surface area contributed by atoms with E-state index in [0.29, 0.717) is 5.56 Å². The van der Waals surface area contributed by atoms with Crippen molar-refractivity contribution < 1.29 is 22.4 Å². The zero-order valence-corrected chi connectivity index (χ0v) is 9.67. The van der Waals surface area contributed by atoms with Crippen molar-refractivity contribution in [3.05, 3.63) is 35.9 Å². The standard InChI is InChI=1S/C12H13F4NO/c1-8(9-5-3-2-4-6-9)10(18)17-7-12(15,16)11(13)14/h2-6,8,11H,7H2,1H3,(H,17,18)/t8-/m1/s1. The third-order valence-corrected chi connectivity index (χ3v) is 2.51. The van der Waals surface area contributed by atoms with Crippen molar-refractivity contribution in [3.63, 3.8) is 0 Å². The second kappa shape index (κ2) is 5.84. The molecule has 2 nitrogen and oxygen atoms in total. The molecule has 0 saturated carbocycles. The summed E-state index contributed by atoms with van der Waals surface area (Å²) in [5, 5.41) is 1.83. The van der Waals surface area contributed by atoms with Gasteiger partial charge in [0.25, 0.3) is 0 Å². The van der Waals surface area contributed by atoms with Gasteiger partial charge in [-0.15, -0.1) is 0 Å². The van der Waals surface area contributed by atoms with Crippen molar-refractivity contribution in [2.24, 2.45) is 0 Å². The normalized spacial score (nSPS) is 13.4. The van der Waals surface area contributed by atoms with Gasteiger partial charge >= 0.3 is 12.3 Å². The molecule has 0 aromatic heterocycles. The quantitative estimate of drug-likeness (QED) is 0.813. The molecule has 1 rings (SSSR count). The molecule has 0 fully saturated rings. The number of hydrogen-bond acceptors (Lipinski definition) is 1. The molecule has 6 heteroatoms. The highest BCUT2D eigenvalue weighted by Gasteiger charge is 2.41. The lowest BCUT2D eigenvalue weighted by Crippen LogP contribution is -2.42. The van der Waals surface area contributed by atoms with Crippen LogP contribution in [0.1, 0.15) is 18.4 Å². The smallest absolute Gasteiger partial charge is 0.324 e. The molecule has 0 aliphatic rings. The van der Waals surface area contributed by atoms with Gasteiger partial charge in [0.2, 0.25) is 5.91 Å². The fourth-order valence-corrected chi connectivity index (χ4v) is 1.33. The van der Waals surface area contributed by atoms with Crippen LogP contribution in [0.2, 0.25) is 0 Å². The van der Waals surface area contributed by atoms with E-state index in [1.165, 1.54) is 6.92 Å². The lowest BCUT2D eigenvalue weighted by molar-refractivity contribution is -0.137. The molecule has 0 spiro atoms. The molecule has 100 valence electrons. The monoisotopic (exact) mass is 263 g/mol. The van der Waals surface area contributed by atoms with E-state index < -0.39 is 30.7 Å². The molecule has 0 aliphatic carbocycles. The van der Waals surface area contributed by atoms with E-state index in [-0.39, 0.29) is 0 Å². The number of benzene rings is 1. The summed E-state index contributed by atoms with van der Waals surface area (Å²) in [6, 6.07) is 8.48. The van der Waals surface area contributed by atoms with E-state index in [2.05, 4.69) is 0 Å². The fraction of sp³-hybridized carbons (Fsp3) is 0.417. The number of nitrogens with one attached hydrogen (secondary N) is 1. The lowest BCUT2D eigenvalue weighted by atomic mass is 10.0. The van der Waals surface area contributed by atoms with Crippen LogP contribution in [0.15, 0.2) is 30.3 Å². The first-order valence-corrected chi connectivity index (χ1v) is 5.33. The molecule has 0 saturated heterocycles. The van der Waals surface area contributed by atoms with Crippen molar-refractivity contribution in [1.29, 1.82) is 0 Å². The van der Waals surface area contributed by atoms with E-state index >= 15 is 0 Å². The molecule has 1 N–H and O–H groups in total. The summed E-state index contributed by atoms with van der Waals surface area (Å²) in [5.41, 5.74) is 0.635. The highest BCUT2D eigenvalue weighted by atomic mass is 19.3. The van der Waals surface area contributed by atoms with Gasteiger partial charge in [-0.3, -0.25) is 4.79 Å². The molecular weight excluding hydrogens is 250 g/mol. The molecule has 0 radical (unpaired) electrons. The van der Waals surface area contributed by atoms with Crippen LogP contribution in [0.4, 0.5) is 17.6 Å². The molecule has 18 heavy (non-hydrogen) atoms. The highest BCUT2D eigenvalue weighted by Crippen LogP contribution is 2.22. The van der Waals surface area contributed by atoms with Crippen molar-refractivity contribution in [2.45, 2.75) is 25.2 Å². The van der Waals surface area contributed by atoms with Crippen LogP contribution in [0.3, 0.4) is 0 Å². The Bertz CT molecular complexity index is 394. The van der Waals surface area contributed by atoms with Crippen LogP contribution in [0.5, 0.6) is 0 Å². The maximum Gasteiger partial charge on any atom is 0.324 e. The average molecular weight is 263 g/mol. The second-order valence-electron chi connectivity index (χ2n) is 3.91. The average Bonchev–Trinajstić information content (AvgIpc) is 2.36. The van der Waals surface area contributed by atoms with Gasteiger partial charge in [0, 0.05) is 0 Å². The summed E-state index contributed by atoms with van der Waals surface area (Å²) in [4.78, 5) is 11.5. The lowest BCUT2D eigenvalue weighted by Gasteiger charge is -2.18. The number of rotatable bonds is 5. The Morgan fingerprint density at radius 1 is 1.28 bits per heavy atom. The SMILES string of the molecule is C[C@@H](C(=O)NCC(F)(F)C(F)F)c1ccccc1. The summed E-state index contributed by atoms with van der Waals surface area (Å²) in [7, 11) is 0. The largest absolute Gasteiger partial charge is 0.349 e. The third-order valence-electron chi connectivity index (χ3n) is 2.51. The summed E-state index contributed by atoms with van der Waals surface area (Å²) in [6.45, 7) is 0.159. The minimum Gasteiger partial charge on any atom is -0.349 e. The summed E-state index contributed by atoms with van der Waals surface area (Å²) >= 11 is 0. The topological polar surface area (TPSA) is 29.1 Å². The number of carbonyl (C=O) groups is 1. The first-order chi connectivity index (χ1) is 8.34. The predicted octanol–water partition coefficient (Wildman–Crippen LogP) is 2.81. The maximum atomic E-state index is 12.6. The van der Waals surface area contributed by atoms with Crippen LogP contribution < -0.4 is 5.32 Å². The summed E-state index contributed by atoms with van der Waals surface area (Å²) < 4.78 is 49.0. The second-order valence-corrected chi connectivity index (χ2v) is 3.91. The Balaban J connectivity index is 2.57. The van der Waals surface area contributed by atoms with Gasteiger partial charge in [0.05, 0.1) is 12.5 Å². The Morgan fingerprint density at radius 3 is 2.33 bits per heavy atom. The summed E-state index contributed by atoms with van der Waals surface area (Å²) in [5.74, 6) is -5.58. The molecular formula is C12H13F4NO. The van der Waals surface area contributed by atoms with Crippen LogP contribution in [0, 0.1) is 0 Å². The minimum absolute atomic E-state index is 0.635. The Kier molecular flexibility index (Phi) is 4.69.